The van der Waals surface area contributed by atoms with Gasteiger partial charge in [0.25, 0.3) is 0 Å². The van der Waals surface area contributed by atoms with Gasteiger partial charge in [0.05, 0.1) is 0 Å². The second-order valence-electron chi connectivity index (χ2n) is 5.35. The minimum absolute atomic E-state index is 0. The average molecular weight is 414 g/mol. The zero-order valence-electron chi connectivity index (χ0n) is 13.6. The first-order valence-electron chi connectivity index (χ1n) is 7.10. The van der Waals surface area contributed by atoms with Crippen LogP contribution in [0.15, 0.2) is 72.8 Å². The van der Waals surface area contributed by atoms with Crippen molar-refractivity contribution >= 4 is 0 Å². The standard InChI is InChI=1S/C20H19.3ClH.Ti/c1-15-13-14-19(16(15)2)20(17-9-5-3-6-10-17)18-11-7-4-8-12-18;;;;/h3-14,20H,1-2H3;3*1H;/q-1;;;;+4/p-3. The first-order valence-corrected chi connectivity index (χ1v) is 7.10. The predicted octanol–water partition coefficient (Wildman–Crippen LogP) is -3.79. The number of hydrogen-bond donors (Lipinski definition) is 0. The van der Waals surface area contributed by atoms with Crippen molar-refractivity contribution in [3.63, 3.8) is 0 Å². The van der Waals surface area contributed by atoms with E-state index >= 15 is 0 Å². The van der Waals surface area contributed by atoms with Crippen LogP contribution in [0.25, 0.3) is 0 Å². The van der Waals surface area contributed by atoms with Crippen LogP contribution in [0.4, 0.5) is 0 Å². The van der Waals surface area contributed by atoms with Gasteiger partial charge >= 0.3 is 21.7 Å². The van der Waals surface area contributed by atoms with Gasteiger partial charge < -0.3 is 37.2 Å². The Morgan fingerprint density at radius 1 is 0.667 bits per heavy atom. The van der Waals surface area contributed by atoms with E-state index in [0.717, 1.165) is 0 Å². The van der Waals surface area contributed by atoms with E-state index in [4.69, 9.17) is 0 Å². The quantitative estimate of drug-likeness (QED) is 0.305. The Labute approximate surface area is 178 Å². The van der Waals surface area contributed by atoms with E-state index < -0.39 is 0 Å². The minimum atomic E-state index is 0. The molecule has 0 aliphatic carbocycles. The van der Waals surface area contributed by atoms with Gasteiger partial charge in [0, 0.05) is 0 Å². The zero-order chi connectivity index (χ0) is 13.9. The number of benzene rings is 2. The van der Waals surface area contributed by atoms with Gasteiger partial charge in [0.15, 0.2) is 0 Å². The van der Waals surface area contributed by atoms with Crippen molar-refractivity contribution in [3.05, 3.63) is 101 Å². The van der Waals surface area contributed by atoms with Crippen molar-refractivity contribution in [1.82, 2.24) is 0 Å². The van der Waals surface area contributed by atoms with Crippen LogP contribution in [-0.2, 0) is 21.7 Å². The summed E-state index contributed by atoms with van der Waals surface area (Å²) in [6.07, 6.45) is 0. The number of halogens is 3. The average Bonchev–Trinajstić information content (AvgIpc) is 2.82. The summed E-state index contributed by atoms with van der Waals surface area (Å²) in [6, 6.07) is 26.0. The molecule has 0 amide bonds. The Hall–Kier alpha value is -0.626. The summed E-state index contributed by atoms with van der Waals surface area (Å²) in [7, 11) is 0. The normalized spacial score (nSPS) is 9.12. The van der Waals surface area contributed by atoms with Crippen LogP contribution in [0.5, 0.6) is 0 Å². The van der Waals surface area contributed by atoms with Crippen molar-refractivity contribution in [3.8, 4) is 0 Å². The third-order valence-corrected chi connectivity index (χ3v) is 4.11. The predicted molar refractivity (Wildman–Crippen MR) is 85.3 cm³/mol. The van der Waals surface area contributed by atoms with E-state index in [2.05, 4.69) is 86.6 Å². The Morgan fingerprint density at radius 3 is 1.42 bits per heavy atom. The SMILES string of the molecule is Cc1cc[c-](C(c2ccccc2)c2ccccc2)c1C.[Cl-].[Cl-].[Cl-].[Ti+4]. The second-order valence-corrected chi connectivity index (χ2v) is 5.35. The first kappa shape index (κ1) is 25.6. The molecule has 0 aromatic heterocycles. The molecule has 0 spiro atoms. The Kier molecular flexibility index (Phi) is 12.6. The Balaban J connectivity index is 0. The van der Waals surface area contributed by atoms with E-state index in [1.54, 1.807) is 0 Å². The molecule has 0 bridgehead atoms. The maximum absolute atomic E-state index is 2.27. The Bertz CT molecular complexity index is 654. The molecule has 0 unspecified atom stereocenters. The topological polar surface area (TPSA) is 0 Å². The van der Waals surface area contributed by atoms with E-state index in [-0.39, 0.29) is 58.9 Å². The van der Waals surface area contributed by atoms with Crippen molar-refractivity contribution < 1.29 is 58.9 Å². The molecule has 24 heavy (non-hydrogen) atoms. The molecule has 0 nitrogen and oxygen atoms in total. The van der Waals surface area contributed by atoms with E-state index in [0.29, 0.717) is 5.92 Å². The number of rotatable bonds is 3. The molecule has 0 aliphatic heterocycles. The summed E-state index contributed by atoms with van der Waals surface area (Å²) >= 11 is 0. The summed E-state index contributed by atoms with van der Waals surface area (Å²) in [6.45, 7) is 4.41. The molecule has 3 rings (SSSR count). The van der Waals surface area contributed by atoms with Crippen molar-refractivity contribution in [2.75, 3.05) is 0 Å². The molecule has 0 fully saturated rings. The van der Waals surface area contributed by atoms with Crippen molar-refractivity contribution in [1.29, 1.82) is 0 Å². The second kappa shape index (κ2) is 11.8. The molecule has 0 heterocycles. The van der Waals surface area contributed by atoms with Gasteiger partial charge in [-0.2, -0.15) is 17.2 Å². The fourth-order valence-corrected chi connectivity index (χ4v) is 2.85. The van der Waals surface area contributed by atoms with Crippen LogP contribution in [0, 0.1) is 13.8 Å². The van der Waals surface area contributed by atoms with Crippen LogP contribution in [0.3, 0.4) is 0 Å². The summed E-state index contributed by atoms with van der Waals surface area (Å²) in [4.78, 5) is 0. The molecule has 0 saturated heterocycles. The third kappa shape index (κ3) is 5.44. The number of aryl methyl sites for hydroxylation is 1. The summed E-state index contributed by atoms with van der Waals surface area (Å²) in [5.41, 5.74) is 6.90. The number of hydrogen-bond acceptors (Lipinski definition) is 0. The fraction of sp³-hybridized carbons (Fsp3) is 0.150. The zero-order valence-corrected chi connectivity index (χ0v) is 17.5. The van der Waals surface area contributed by atoms with E-state index in [9.17, 15) is 0 Å². The third-order valence-electron chi connectivity index (χ3n) is 4.11. The van der Waals surface area contributed by atoms with E-state index in [1.807, 2.05) is 0 Å². The van der Waals surface area contributed by atoms with Gasteiger partial charge in [-0.3, -0.25) is 0 Å². The monoisotopic (exact) mass is 412 g/mol. The Morgan fingerprint density at radius 2 is 1.08 bits per heavy atom. The molecule has 0 saturated carbocycles. The summed E-state index contributed by atoms with van der Waals surface area (Å²) in [5, 5.41) is 0. The van der Waals surface area contributed by atoms with Crippen LogP contribution < -0.4 is 37.2 Å². The molecule has 3 aromatic rings. The smallest absolute Gasteiger partial charge is 1.00 e. The maximum atomic E-state index is 2.27. The molecule has 0 N–H and O–H groups in total. The van der Waals surface area contributed by atoms with Gasteiger partial charge in [-0.05, 0) is 17.0 Å². The van der Waals surface area contributed by atoms with Crippen LogP contribution >= 0.6 is 0 Å². The van der Waals surface area contributed by atoms with Crippen LogP contribution in [0.2, 0.25) is 0 Å². The largest absolute Gasteiger partial charge is 4.00 e. The van der Waals surface area contributed by atoms with Crippen molar-refractivity contribution in [2.24, 2.45) is 0 Å². The van der Waals surface area contributed by atoms with Gasteiger partial charge in [0.1, 0.15) is 0 Å². The van der Waals surface area contributed by atoms with Gasteiger partial charge in [-0.1, -0.05) is 74.5 Å². The van der Waals surface area contributed by atoms with E-state index in [1.165, 1.54) is 27.8 Å². The molecule has 0 atom stereocenters. The summed E-state index contributed by atoms with van der Waals surface area (Å²) < 4.78 is 0. The molecule has 0 aliphatic rings. The molecular formula is C20H19Cl3Ti. The van der Waals surface area contributed by atoms with Gasteiger partial charge in [-0.25, -0.2) is 6.07 Å². The minimum Gasteiger partial charge on any atom is -1.00 e. The maximum Gasteiger partial charge on any atom is 4.00 e. The van der Waals surface area contributed by atoms with Gasteiger partial charge in [-0.15, -0.1) is 5.56 Å². The van der Waals surface area contributed by atoms with Crippen molar-refractivity contribution in [2.45, 2.75) is 19.8 Å². The summed E-state index contributed by atoms with van der Waals surface area (Å²) in [5.74, 6) is 0.325. The molecular weight excluding hydrogens is 394 g/mol. The molecule has 3 aromatic carbocycles. The molecule has 124 valence electrons. The van der Waals surface area contributed by atoms with Gasteiger partial charge in [0.2, 0.25) is 0 Å². The molecule has 4 heteroatoms. The van der Waals surface area contributed by atoms with Crippen LogP contribution in [-0.4, -0.2) is 0 Å². The van der Waals surface area contributed by atoms with Crippen LogP contribution in [0.1, 0.15) is 33.7 Å². The first-order chi connectivity index (χ1) is 9.77. The fourth-order valence-electron chi connectivity index (χ4n) is 2.85. The molecule has 0 radical (unpaired) electrons.